The highest BCUT2D eigenvalue weighted by atomic mass is 16.5. The third-order valence-corrected chi connectivity index (χ3v) is 25.2. The Morgan fingerprint density at radius 2 is 0.560 bits per heavy atom. The molecule has 116 heavy (non-hydrogen) atoms. The number of anilines is 15. The van der Waals surface area contributed by atoms with Crippen LogP contribution in [-0.4, -0.2) is 42.3 Å². The fourth-order valence-corrected chi connectivity index (χ4v) is 18.6. The zero-order valence-corrected chi connectivity index (χ0v) is 71.5. The summed E-state index contributed by atoms with van der Waals surface area (Å²) in [5.41, 5.74) is 39.3. The molecule has 19 rings (SSSR count). The zero-order chi connectivity index (χ0) is 82.6. The first kappa shape index (κ1) is 78.4. The minimum atomic E-state index is -0.0592. The van der Waals surface area contributed by atoms with Gasteiger partial charge in [-0.25, -0.2) is 0 Å². The summed E-state index contributed by atoms with van der Waals surface area (Å²) in [4.78, 5) is 22.0. The number of hydrogen-bond acceptors (Lipinski definition) is 11. The summed E-state index contributed by atoms with van der Waals surface area (Å²) >= 11 is 0. The first-order valence-electron chi connectivity index (χ1n) is 40.2. The van der Waals surface area contributed by atoms with E-state index in [4.69, 9.17) is 4.74 Å². The van der Waals surface area contributed by atoms with Gasteiger partial charge in [-0.2, -0.15) is 0 Å². The van der Waals surface area contributed by atoms with E-state index < -0.39 is 0 Å². The number of methoxy groups -OCH3 is 1. The van der Waals surface area contributed by atoms with Crippen molar-refractivity contribution >= 4 is 85.3 Å². The van der Waals surface area contributed by atoms with Crippen LogP contribution in [0, 0.1) is 55.4 Å². The molecule has 0 spiro atoms. The molecule has 0 amide bonds. The van der Waals surface area contributed by atoms with Crippen LogP contribution in [0.3, 0.4) is 0 Å². The highest BCUT2D eigenvalue weighted by Gasteiger charge is 2.44. The van der Waals surface area contributed by atoms with Gasteiger partial charge in [0.2, 0.25) is 0 Å². The van der Waals surface area contributed by atoms with Crippen molar-refractivity contribution in [2.24, 2.45) is 0 Å². The molecule has 11 heteroatoms. The monoisotopic (exact) mass is 1530 g/mol. The molecule has 2 aliphatic carbocycles. The molecule has 0 saturated carbocycles. The molecule has 0 saturated heterocycles. The Labute approximate surface area is 689 Å². The fourth-order valence-electron chi connectivity index (χ4n) is 18.6. The number of rotatable bonds is 6. The van der Waals surface area contributed by atoms with Crippen LogP contribution in [0.25, 0.3) is 11.1 Å². The van der Waals surface area contributed by atoms with Crippen molar-refractivity contribution in [1.82, 2.24) is 0 Å². The van der Waals surface area contributed by atoms with Crippen LogP contribution >= 0.6 is 0 Å². The molecule has 0 unspecified atom stereocenters. The van der Waals surface area contributed by atoms with Crippen molar-refractivity contribution in [1.29, 1.82) is 0 Å². The zero-order valence-electron chi connectivity index (χ0n) is 71.5. The Morgan fingerprint density at radius 1 is 0.233 bits per heavy atom. The van der Waals surface area contributed by atoms with Crippen molar-refractivity contribution in [3.63, 3.8) is 0 Å². The fraction of sp³-hybridized carbons (Fsp3) is 0.219. The summed E-state index contributed by atoms with van der Waals surface area (Å²) in [6, 6.07) is 86.5. The normalized spacial score (nSPS) is 15.5. The number of para-hydroxylation sites is 10. The van der Waals surface area contributed by atoms with Gasteiger partial charge >= 0.3 is 0 Å². The lowest BCUT2D eigenvalue weighted by Crippen LogP contribution is -2.37. The van der Waals surface area contributed by atoms with E-state index in [-0.39, 0.29) is 16.2 Å². The van der Waals surface area contributed by atoms with Gasteiger partial charge in [0.05, 0.1) is 92.4 Å². The lowest BCUT2D eigenvalue weighted by molar-refractivity contribution is 0.415. The van der Waals surface area contributed by atoms with Crippen LogP contribution in [0.15, 0.2) is 305 Å². The molecule has 11 nitrogen and oxygen atoms in total. The van der Waals surface area contributed by atoms with E-state index in [0.717, 1.165) is 46.2 Å². The number of fused-ring (bicyclic) bond motifs is 10. The minimum Gasteiger partial charge on any atom is -0.497 e. The molecular formula is C105H110N10O. The second-order valence-corrected chi connectivity index (χ2v) is 33.5. The lowest BCUT2D eigenvalue weighted by atomic mass is 9.59. The van der Waals surface area contributed by atoms with Crippen molar-refractivity contribution in [3.05, 3.63) is 383 Å². The number of hydrogen-bond donors (Lipinski definition) is 0. The van der Waals surface area contributed by atoms with Crippen molar-refractivity contribution in [3.8, 4) is 16.9 Å². The molecule has 0 N–H and O–H groups in total. The molecule has 0 radical (unpaired) electrons. The minimum absolute atomic E-state index is 0.000847. The van der Waals surface area contributed by atoms with E-state index in [1.807, 2.05) is 25.2 Å². The first-order valence-corrected chi connectivity index (χ1v) is 40.2. The van der Waals surface area contributed by atoms with E-state index in [9.17, 15) is 0 Å². The molecule has 5 aliphatic heterocycles. The summed E-state index contributed by atoms with van der Waals surface area (Å²) in [6.07, 6.45) is 0. The van der Waals surface area contributed by atoms with Gasteiger partial charge in [-0.1, -0.05) is 232 Å². The van der Waals surface area contributed by atoms with Gasteiger partial charge in [-0.05, 0) is 224 Å². The average molecular weight is 1530 g/mol. The Bertz CT molecular complexity index is 5990. The van der Waals surface area contributed by atoms with Crippen LogP contribution in [0.4, 0.5) is 85.3 Å². The Hall–Kier alpha value is -12.9. The second-order valence-electron chi connectivity index (χ2n) is 33.5. The van der Waals surface area contributed by atoms with Gasteiger partial charge in [-0.3, -0.25) is 24.5 Å². The molecule has 12 aromatic rings. The van der Waals surface area contributed by atoms with Crippen LogP contribution in [0.2, 0.25) is 0 Å². The molecule has 0 fully saturated rings. The number of ether oxygens (including phenoxy) is 1. The highest BCUT2D eigenvalue weighted by Crippen LogP contribution is 2.57. The standard InChI is InChI=1S/C28H30N2.C25H24N2.C18H20N2.C17H18N2O.C17H18N2/c1-18-16-22-23(28(5,6)21-13-9-8-12-20(21)27(22,3)4)17-26(18)30-19(2)29(7)24-14-10-11-15-25(24)30;1-16-14-19-18-10-6-7-11-20(18)25(3,4)21(19)15-24(16)27-17(2)26(5)22-12-8-9-13-23(22)27;1-12-10-13(2)18(14(3)11-12)20-15(4)19(5)16-8-6-7-9-17(16)20;1-12-9-10-14(20-4)11-17(12)19-13(2)18(3)15-7-5-6-8-16(15)19;1-12-8-5-6-10-15(12)19-14(3)18(4)16-11-7-9-13(2)17(16)19/h8-17H,2H2,1,3-7H3;6-15H,2H2,1,3-5H3;6-11H,4H2,1-3,5H3;5-11H,2H2,1,3-4H3;5-11H,3H2,1-2,4H3. The summed E-state index contributed by atoms with van der Waals surface area (Å²) < 4.78 is 5.35. The van der Waals surface area contributed by atoms with Gasteiger partial charge in [-0.15, -0.1) is 0 Å². The number of benzene rings is 12. The van der Waals surface area contributed by atoms with E-state index in [1.165, 1.54) is 163 Å². The van der Waals surface area contributed by atoms with Crippen molar-refractivity contribution in [2.45, 2.75) is 113 Å². The van der Waals surface area contributed by atoms with Gasteiger partial charge in [0.15, 0.2) is 0 Å². The molecule has 586 valence electrons. The molecule has 0 atom stereocenters. The first-order chi connectivity index (χ1) is 55.3. The Balaban J connectivity index is 0.000000115. The quantitative estimate of drug-likeness (QED) is 0.160. The molecule has 12 aromatic carbocycles. The predicted octanol–water partition coefficient (Wildman–Crippen LogP) is 26.5. The third-order valence-electron chi connectivity index (χ3n) is 25.2. The van der Waals surface area contributed by atoms with Crippen molar-refractivity contribution in [2.75, 3.05) is 91.3 Å². The van der Waals surface area contributed by atoms with E-state index in [0.29, 0.717) is 0 Å². The van der Waals surface area contributed by atoms with Gasteiger partial charge in [0, 0.05) is 57.5 Å². The van der Waals surface area contributed by atoms with Crippen molar-refractivity contribution < 1.29 is 4.74 Å². The second kappa shape index (κ2) is 29.8. The maximum atomic E-state index is 5.35. The number of nitrogens with zero attached hydrogens (tertiary/aromatic N) is 10. The molecule has 0 bridgehead atoms. The van der Waals surface area contributed by atoms with E-state index >= 15 is 0 Å². The number of aryl methyl sites for hydroxylation is 8. The van der Waals surface area contributed by atoms with Crippen LogP contribution in [0.5, 0.6) is 5.75 Å². The molecule has 0 aromatic heterocycles. The molecular weight excluding hydrogens is 1420 g/mol. The summed E-state index contributed by atoms with van der Waals surface area (Å²) in [7, 11) is 12.0. The topological polar surface area (TPSA) is 41.6 Å². The summed E-state index contributed by atoms with van der Waals surface area (Å²) in [5, 5.41) is 0. The van der Waals surface area contributed by atoms with E-state index in [1.54, 1.807) is 7.11 Å². The predicted molar refractivity (Wildman–Crippen MR) is 496 cm³/mol. The van der Waals surface area contributed by atoms with Crippen LogP contribution in [0.1, 0.15) is 119 Å². The lowest BCUT2D eigenvalue weighted by Gasteiger charge is -2.44. The van der Waals surface area contributed by atoms with Gasteiger partial charge in [0.25, 0.3) is 0 Å². The Morgan fingerprint density at radius 3 is 1.03 bits per heavy atom. The Kier molecular flexibility index (Phi) is 20.2. The van der Waals surface area contributed by atoms with Gasteiger partial charge < -0.3 is 29.2 Å². The maximum Gasteiger partial charge on any atom is 0.120 e. The van der Waals surface area contributed by atoms with Crippen LogP contribution < -0.4 is 53.7 Å². The average Bonchev–Trinajstić information content (AvgIpc) is 1.11. The molecule has 5 heterocycles. The SMILES string of the molecule is C=C1N(C)c2cccc(C)c2N1c1ccccc1C.C=C1N(C)c2ccccc2N1c1c(C)cc(C)cc1C.C=C1N(C)c2ccccc2N1c1cc(OC)ccc1C.C=C1N(C)c2ccccc2N1c1cc2c(cc1C)-c1ccccc1C2(C)C.C=C1N(C)c2ccccc2N1c1cc2c(cc1C)C(C)(C)c1ccccc1C2(C)C. The maximum absolute atomic E-state index is 5.35. The van der Waals surface area contributed by atoms with Gasteiger partial charge in [0.1, 0.15) is 34.9 Å². The smallest absolute Gasteiger partial charge is 0.120 e. The summed E-state index contributed by atoms with van der Waals surface area (Å²) in [6.45, 7) is 52.9. The largest absolute Gasteiger partial charge is 0.497 e. The van der Waals surface area contributed by atoms with Crippen LogP contribution in [-0.2, 0) is 16.2 Å². The van der Waals surface area contributed by atoms with E-state index in [2.05, 4.69) is 431 Å². The highest BCUT2D eigenvalue weighted by molar-refractivity contribution is 5.96. The third kappa shape index (κ3) is 12.8. The summed E-state index contributed by atoms with van der Waals surface area (Å²) in [5.74, 6) is 5.79. The molecule has 7 aliphatic rings.